The van der Waals surface area contributed by atoms with Gasteiger partial charge < -0.3 is 4.74 Å². The molecule has 20 heavy (non-hydrogen) atoms. The van der Waals surface area contributed by atoms with Crippen LogP contribution < -0.4 is 4.42 Å². The highest BCUT2D eigenvalue weighted by molar-refractivity contribution is 6.26. The fraction of sp³-hybridized carbons (Fsp3) is 0.176. The number of rotatable bonds is 4. The third-order valence-electron chi connectivity index (χ3n) is 3.25. The van der Waals surface area contributed by atoms with Crippen molar-refractivity contribution in [2.24, 2.45) is 0 Å². The van der Waals surface area contributed by atoms with E-state index >= 15 is 0 Å². The van der Waals surface area contributed by atoms with Gasteiger partial charge in [-0.1, -0.05) is 48.5 Å². The van der Waals surface area contributed by atoms with Crippen molar-refractivity contribution in [2.75, 3.05) is 18.6 Å². The molecule has 0 aromatic heterocycles. The van der Waals surface area contributed by atoms with E-state index in [1.54, 1.807) is 18.6 Å². The van der Waals surface area contributed by atoms with Gasteiger partial charge in [-0.3, -0.25) is 4.42 Å². The van der Waals surface area contributed by atoms with Crippen LogP contribution in [-0.2, 0) is 4.74 Å². The van der Waals surface area contributed by atoms with E-state index in [-0.39, 0.29) is 0 Å². The van der Waals surface area contributed by atoms with Gasteiger partial charge in [0.1, 0.15) is 5.76 Å². The second-order valence-electron chi connectivity index (χ2n) is 4.67. The summed E-state index contributed by atoms with van der Waals surface area (Å²) in [5.41, 5.74) is 5.18. The SMILES string of the molecule is C=C(OC)c1cccc(-c2ccc(C)cc2)c1N(C)Cl. The van der Waals surface area contributed by atoms with E-state index in [0.717, 1.165) is 22.4 Å². The second-order valence-corrected chi connectivity index (χ2v) is 5.18. The maximum Gasteiger partial charge on any atom is 0.121 e. The van der Waals surface area contributed by atoms with Gasteiger partial charge in [-0.25, -0.2) is 0 Å². The molecule has 2 aromatic carbocycles. The van der Waals surface area contributed by atoms with Gasteiger partial charge in [0.25, 0.3) is 0 Å². The summed E-state index contributed by atoms with van der Waals surface area (Å²) < 4.78 is 6.84. The molecular formula is C17H18ClNO. The van der Waals surface area contributed by atoms with Gasteiger partial charge in [0, 0.05) is 30.0 Å². The van der Waals surface area contributed by atoms with Crippen LogP contribution >= 0.6 is 11.8 Å². The normalized spacial score (nSPS) is 10.2. The van der Waals surface area contributed by atoms with Gasteiger partial charge in [-0.15, -0.1) is 0 Å². The summed E-state index contributed by atoms with van der Waals surface area (Å²) in [6, 6.07) is 14.3. The van der Waals surface area contributed by atoms with E-state index in [1.807, 2.05) is 18.2 Å². The monoisotopic (exact) mass is 287 g/mol. The van der Waals surface area contributed by atoms with Crippen LogP contribution in [0.5, 0.6) is 0 Å². The van der Waals surface area contributed by atoms with Crippen molar-refractivity contribution < 1.29 is 4.74 Å². The molecule has 0 saturated carbocycles. The fourth-order valence-corrected chi connectivity index (χ4v) is 2.36. The number of halogens is 1. The Bertz CT molecular complexity index is 617. The quantitative estimate of drug-likeness (QED) is 0.587. The van der Waals surface area contributed by atoms with Crippen LogP contribution in [0.25, 0.3) is 16.9 Å². The average Bonchev–Trinajstić information content (AvgIpc) is 2.46. The molecule has 0 heterocycles. The summed E-state index contributed by atoms with van der Waals surface area (Å²) in [7, 11) is 3.42. The summed E-state index contributed by atoms with van der Waals surface area (Å²) >= 11 is 6.23. The van der Waals surface area contributed by atoms with Gasteiger partial charge in [-0.05, 0) is 18.6 Å². The molecule has 104 valence electrons. The number of nitrogens with zero attached hydrogens (tertiary/aromatic N) is 1. The fourth-order valence-electron chi connectivity index (χ4n) is 2.18. The molecule has 0 aliphatic carbocycles. The number of methoxy groups -OCH3 is 1. The predicted octanol–water partition coefficient (Wildman–Crippen LogP) is 4.87. The van der Waals surface area contributed by atoms with E-state index in [2.05, 4.69) is 37.8 Å². The van der Waals surface area contributed by atoms with Gasteiger partial charge in [0.05, 0.1) is 12.8 Å². The Morgan fingerprint density at radius 1 is 1.15 bits per heavy atom. The Balaban J connectivity index is 2.64. The van der Waals surface area contributed by atoms with E-state index in [4.69, 9.17) is 16.5 Å². The number of anilines is 1. The largest absolute Gasteiger partial charge is 0.497 e. The summed E-state index contributed by atoms with van der Waals surface area (Å²) in [6.45, 7) is 6.00. The van der Waals surface area contributed by atoms with Crippen LogP contribution in [0.1, 0.15) is 11.1 Å². The molecule has 0 saturated heterocycles. The van der Waals surface area contributed by atoms with E-state index < -0.39 is 0 Å². The minimum atomic E-state index is 0.599. The average molecular weight is 288 g/mol. The third-order valence-corrected chi connectivity index (χ3v) is 3.42. The lowest BCUT2D eigenvalue weighted by atomic mass is 9.98. The maximum absolute atomic E-state index is 6.23. The molecule has 0 amide bonds. The van der Waals surface area contributed by atoms with Crippen LogP contribution in [0.3, 0.4) is 0 Å². The zero-order valence-corrected chi connectivity index (χ0v) is 12.7. The Hall–Kier alpha value is -1.93. The first-order valence-electron chi connectivity index (χ1n) is 6.37. The summed E-state index contributed by atoms with van der Waals surface area (Å²) in [5.74, 6) is 0.599. The van der Waals surface area contributed by atoms with Crippen LogP contribution in [0.4, 0.5) is 5.69 Å². The molecule has 0 aliphatic heterocycles. The third kappa shape index (κ3) is 2.81. The van der Waals surface area contributed by atoms with Crippen molar-refractivity contribution in [3.63, 3.8) is 0 Å². The molecule has 0 aliphatic rings. The molecular weight excluding hydrogens is 270 g/mol. The van der Waals surface area contributed by atoms with E-state index in [0.29, 0.717) is 5.76 Å². The van der Waals surface area contributed by atoms with Gasteiger partial charge in [-0.2, -0.15) is 0 Å². The summed E-state index contributed by atoms with van der Waals surface area (Å²) in [4.78, 5) is 0. The van der Waals surface area contributed by atoms with E-state index in [9.17, 15) is 0 Å². The molecule has 0 bridgehead atoms. The first-order chi connectivity index (χ1) is 9.54. The lowest BCUT2D eigenvalue weighted by molar-refractivity contribution is 0.371. The van der Waals surface area contributed by atoms with Crippen molar-refractivity contribution in [1.29, 1.82) is 0 Å². The molecule has 3 heteroatoms. The Kier molecular flexibility index (Phi) is 4.35. The lowest BCUT2D eigenvalue weighted by Gasteiger charge is -2.20. The number of aryl methyl sites for hydroxylation is 1. The molecule has 2 rings (SSSR count). The number of ether oxygens (including phenoxy) is 1. The molecule has 2 aromatic rings. The standard InChI is InChI=1S/C17H18ClNO/c1-12-8-10-14(11-9-12)16-7-5-6-15(13(2)20-4)17(16)19(3)18/h5-11H,2H2,1,3-4H3. The Morgan fingerprint density at radius 2 is 1.80 bits per heavy atom. The molecule has 0 atom stereocenters. The zero-order valence-electron chi connectivity index (χ0n) is 12.0. The Labute approximate surface area is 125 Å². The molecule has 0 spiro atoms. The highest BCUT2D eigenvalue weighted by atomic mass is 35.5. The predicted molar refractivity (Wildman–Crippen MR) is 86.9 cm³/mol. The number of para-hydroxylation sites is 1. The minimum Gasteiger partial charge on any atom is -0.497 e. The highest BCUT2D eigenvalue weighted by Gasteiger charge is 2.15. The van der Waals surface area contributed by atoms with Crippen LogP contribution in [0, 0.1) is 6.92 Å². The van der Waals surface area contributed by atoms with Crippen molar-refractivity contribution in [3.8, 4) is 11.1 Å². The zero-order chi connectivity index (χ0) is 14.7. The van der Waals surface area contributed by atoms with Gasteiger partial charge >= 0.3 is 0 Å². The van der Waals surface area contributed by atoms with Gasteiger partial charge in [0.15, 0.2) is 0 Å². The second kappa shape index (κ2) is 6.02. The highest BCUT2D eigenvalue weighted by Crippen LogP contribution is 2.37. The van der Waals surface area contributed by atoms with Gasteiger partial charge in [0.2, 0.25) is 0 Å². The number of hydrogen-bond donors (Lipinski definition) is 0. The number of benzene rings is 2. The molecule has 0 unspecified atom stereocenters. The van der Waals surface area contributed by atoms with E-state index in [1.165, 1.54) is 5.56 Å². The van der Waals surface area contributed by atoms with Crippen molar-refractivity contribution in [3.05, 3.63) is 60.2 Å². The maximum atomic E-state index is 6.23. The number of hydrogen-bond acceptors (Lipinski definition) is 2. The summed E-state index contributed by atoms with van der Waals surface area (Å²) in [5, 5.41) is 0. The molecule has 0 fully saturated rings. The Morgan fingerprint density at radius 3 is 2.35 bits per heavy atom. The summed E-state index contributed by atoms with van der Waals surface area (Å²) in [6.07, 6.45) is 0. The smallest absolute Gasteiger partial charge is 0.121 e. The lowest BCUT2D eigenvalue weighted by Crippen LogP contribution is -2.06. The minimum absolute atomic E-state index is 0.599. The van der Waals surface area contributed by atoms with Crippen molar-refractivity contribution >= 4 is 23.2 Å². The first-order valence-corrected chi connectivity index (χ1v) is 6.71. The first kappa shape index (κ1) is 14.5. The van der Waals surface area contributed by atoms with Crippen molar-refractivity contribution in [2.45, 2.75) is 6.92 Å². The topological polar surface area (TPSA) is 12.5 Å². The van der Waals surface area contributed by atoms with Crippen LogP contribution in [0.2, 0.25) is 0 Å². The molecule has 0 radical (unpaired) electrons. The van der Waals surface area contributed by atoms with Crippen LogP contribution in [-0.4, -0.2) is 14.2 Å². The molecule has 2 nitrogen and oxygen atoms in total. The van der Waals surface area contributed by atoms with Crippen LogP contribution in [0.15, 0.2) is 49.0 Å². The molecule has 0 N–H and O–H groups in total. The van der Waals surface area contributed by atoms with Crippen molar-refractivity contribution in [1.82, 2.24) is 0 Å².